The van der Waals surface area contributed by atoms with E-state index in [9.17, 15) is 18.0 Å². The molecule has 1 rings (SSSR count). The molecule has 22 heavy (non-hydrogen) atoms. The molecule has 0 radical (unpaired) electrons. The highest BCUT2D eigenvalue weighted by atomic mass is 35.5. The predicted octanol–water partition coefficient (Wildman–Crippen LogP) is 1.97. The minimum absolute atomic E-state index is 0. The summed E-state index contributed by atoms with van der Waals surface area (Å²) in [6.07, 6.45) is -3.51. The van der Waals surface area contributed by atoms with Crippen molar-refractivity contribution < 1.29 is 23.1 Å². The SMILES string of the molecule is CN(C)C.CN(C)C.Cl.O=C(O)c1cncnc1C(F)(F)F. The van der Waals surface area contributed by atoms with E-state index in [2.05, 4.69) is 9.97 Å². The number of carboxylic acids is 1. The topological polar surface area (TPSA) is 69.6 Å². The van der Waals surface area contributed by atoms with Crippen LogP contribution in [0.5, 0.6) is 0 Å². The van der Waals surface area contributed by atoms with Crippen LogP contribution in [0.3, 0.4) is 0 Å². The lowest BCUT2D eigenvalue weighted by Crippen LogP contribution is -2.15. The van der Waals surface area contributed by atoms with Crippen LogP contribution in [0.15, 0.2) is 12.5 Å². The minimum Gasteiger partial charge on any atom is -0.478 e. The second kappa shape index (κ2) is 12.1. The van der Waals surface area contributed by atoms with Gasteiger partial charge < -0.3 is 14.9 Å². The van der Waals surface area contributed by atoms with E-state index in [1.807, 2.05) is 52.1 Å². The van der Waals surface area contributed by atoms with Crippen molar-refractivity contribution in [2.45, 2.75) is 6.18 Å². The molecule has 1 N–H and O–H groups in total. The maximum absolute atomic E-state index is 12.1. The van der Waals surface area contributed by atoms with E-state index in [-0.39, 0.29) is 12.4 Å². The lowest BCUT2D eigenvalue weighted by atomic mass is 10.2. The standard InChI is InChI=1S/C6H3F3N2O2.2C3H9N.ClH/c7-6(8,9)4-3(5(12)13)1-10-2-11-4;2*1-4(2)3;/h1-2H,(H,12,13);2*1-3H3;1H. The summed E-state index contributed by atoms with van der Waals surface area (Å²) in [7, 11) is 12.0. The Labute approximate surface area is 134 Å². The molecule has 0 bridgehead atoms. The van der Waals surface area contributed by atoms with Crippen LogP contribution >= 0.6 is 12.4 Å². The zero-order valence-electron chi connectivity index (χ0n) is 13.3. The average molecular weight is 347 g/mol. The molecule has 130 valence electrons. The van der Waals surface area contributed by atoms with E-state index in [4.69, 9.17) is 5.11 Å². The summed E-state index contributed by atoms with van der Waals surface area (Å²) >= 11 is 0. The van der Waals surface area contributed by atoms with Gasteiger partial charge in [0.2, 0.25) is 0 Å². The number of aromatic carboxylic acids is 1. The number of aromatic nitrogens is 2. The molecule has 0 aliphatic heterocycles. The number of rotatable bonds is 1. The summed E-state index contributed by atoms with van der Waals surface area (Å²) in [5.41, 5.74) is -2.38. The monoisotopic (exact) mass is 346 g/mol. The van der Waals surface area contributed by atoms with Crippen molar-refractivity contribution in [2.75, 3.05) is 42.3 Å². The molecule has 0 fully saturated rings. The highest BCUT2D eigenvalue weighted by Crippen LogP contribution is 2.29. The van der Waals surface area contributed by atoms with Gasteiger partial charge in [-0.25, -0.2) is 14.8 Å². The maximum atomic E-state index is 12.1. The van der Waals surface area contributed by atoms with Crippen molar-refractivity contribution in [3.63, 3.8) is 0 Å². The fourth-order valence-electron chi connectivity index (χ4n) is 0.712. The first-order valence-corrected chi connectivity index (χ1v) is 5.71. The maximum Gasteiger partial charge on any atom is 0.434 e. The molecule has 1 aromatic rings. The minimum atomic E-state index is -4.77. The third kappa shape index (κ3) is 14.9. The molecular formula is C12H22ClF3N4O2. The quantitative estimate of drug-likeness (QED) is 0.838. The largest absolute Gasteiger partial charge is 0.478 e. The van der Waals surface area contributed by atoms with E-state index >= 15 is 0 Å². The summed E-state index contributed by atoms with van der Waals surface area (Å²) in [6, 6.07) is 0. The zero-order chi connectivity index (χ0) is 17.2. The molecule has 1 heterocycles. The fourth-order valence-corrected chi connectivity index (χ4v) is 0.712. The Morgan fingerprint density at radius 1 is 1.09 bits per heavy atom. The molecule has 0 saturated heterocycles. The Morgan fingerprint density at radius 3 is 1.68 bits per heavy atom. The van der Waals surface area contributed by atoms with Crippen molar-refractivity contribution in [2.24, 2.45) is 0 Å². The van der Waals surface area contributed by atoms with Gasteiger partial charge in [-0.15, -0.1) is 12.4 Å². The highest BCUT2D eigenvalue weighted by molar-refractivity contribution is 5.88. The number of nitrogens with zero attached hydrogens (tertiary/aromatic N) is 4. The number of carboxylic acid groups (broad SMARTS) is 1. The lowest BCUT2D eigenvalue weighted by molar-refractivity contribution is -0.141. The molecule has 0 aliphatic rings. The van der Waals surface area contributed by atoms with E-state index in [0.29, 0.717) is 12.5 Å². The molecule has 10 heteroatoms. The Bertz CT molecular complexity index is 418. The summed E-state index contributed by atoms with van der Waals surface area (Å²) in [5.74, 6) is -1.70. The Hall–Kier alpha value is -1.45. The van der Waals surface area contributed by atoms with Gasteiger partial charge in [0.1, 0.15) is 11.9 Å². The number of hydrogen-bond acceptors (Lipinski definition) is 5. The van der Waals surface area contributed by atoms with Crippen LogP contribution in [-0.4, -0.2) is 73.1 Å². The van der Waals surface area contributed by atoms with Gasteiger partial charge in [0, 0.05) is 6.20 Å². The number of hydrogen-bond donors (Lipinski definition) is 1. The summed E-state index contributed by atoms with van der Waals surface area (Å²) in [6.45, 7) is 0. The van der Waals surface area contributed by atoms with Gasteiger partial charge in [-0.1, -0.05) is 0 Å². The van der Waals surface area contributed by atoms with Crippen molar-refractivity contribution in [3.05, 3.63) is 23.8 Å². The Morgan fingerprint density at radius 2 is 1.45 bits per heavy atom. The first kappa shape index (κ1) is 25.5. The van der Waals surface area contributed by atoms with Gasteiger partial charge in [-0.2, -0.15) is 13.2 Å². The summed E-state index contributed by atoms with van der Waals surface area (Å²) < 4.78 is 36.2. The molecule has 0 unspecified atom stereocenters. The van der Waals surface area contributed by atoms with Gasteiger partial charge in [0.05, 0.1) is 0 Å². The molecule has 1 aromatic heterocycles. The average Bonchev–Trinajstić information content (AvgIpc) is 2.26. The zero-order valence-corrected chi connectivity index (χ0v) is 14.2. The summed E-state index contributed by atoms with van der Waals surface area (Å²) in [5, 5.41) is 8.35. The first-order valence-electron chi connectivity index (χ1n) is 5.71. The number of alkyl halides is 3. The molecule has 6 nitrogen and oxygen atoms in total. The van der Waals surface area contributed by atoms with Crippen molar-refractivity contribution in [1.82, 2.24) is 19.8 Å². The molecular weight excluding hydrogens is 325 g/mol. The Balaban J connectivity index is -0.000000338. The lowest BCUT2D eigenvalue weighted by Gasteiger charge is -2.06. The number of carbonyl (C=O) groups is 1. The van der Waals surface area contributed by atoms with Gasteiger partial charge in [0.15, 0.2) is 5.69 Å². The van der Waals surface area contributed by atoms with Crippen molar-refractivity contribution in [3.8, 4) is 0 Å². The summed E-state index contributed by atoms with van der Waals surface area (Å²) in [4.78, 5) is 20.3. The van der Waals surface area contributed by atoms with Crippen molar-refractivity contribution in [1.29, 1.82) is 0 Å². The van der Waals surface area contributed by atoms with E-state index in [1.165, 1.54) is 0 Å². The van der Waals surface area contributed by atoms with Gasteiger partial charge in [-0.05, 0) is 42.3 Å². The molecule has 0 aromatic carbocycles. The molecule has 0 aliphatic carbocycles. The predicted molar refractivity (Wildman–Crippen MR) is 80.5 cm³/mol. The van der Waals surface area contributed by atoms with E-state index < -0.39 is 23.4 Å². The van der Waals surface area contributed by atoms with Crippen LogP contribution < -0.4 is 0 Å². The second-order valence-corrected chi connectivity index (χ2v) is 4.77. The molecule has 0 atom stereocenters. The fraction of sp³-hybridized carbons (Fsp3) is 0.583. The smallest absolute Gasteiger partial charge is 0.434 e. The molecule has 0 saturated carbocycles. The van der Waals surface area contributed by atoms with Crippen LogP contribution in [0.4, 0.5) is 13.2 Å². The van der Waals surface area contributed by atoms with Gasteiger partial charge in [-0.3, -0.25) is 0 Å². The van der Waals surface area contributed by atoms with Crippen molar-refractivity contribution >= 4 is 18.4 Å². The van der Waals surface area contributed by atoms with Crippen LogP contribution in [0.2, 0.25) is 0 Å². The van der Waals surface area contributed by atoms with E-state index in [1.54, 1.807) is 0 Å². The molecule has 0 amide bonds. The third-order valence-electron chi connectivity index (χ3n) is 1.21. The highest BCUT2D eigenvalue weighted by Gasteiger charge is 2.37. The van der Waals surface area contributed by atoms with Crippen LogP contribution in [-0.2, 0) is 6.18 Å². The Kier molecular flexibility index (Phi) is 14.1. The van der Waals surface area contributed by atoms with Crippen LogP contribution in [0, 0.1) is 0 Å². The first-order chi connectivity index (χ1) is 9.39. The number of halogens is 4. The molecule has 0 spiro atoms. The normalized spacial score (nSPS) is 9.95. The van der Waals surface area contributed by atoms with Gasteiger partial charge in [0.25, 0.3) is 0 Å². The van der Waals surface area contributed by atoms with Crippen LogP contribution in [0.25, 0.3) is 0 Å². The van der Waals surface area contributed by atoms with E-state index in [0.717, 1.165) is 0 Å². The van der Waals surface area contributed by atoms with Crippen LogP contribution in [0.1, 0.15) is 16.1 Å². The van der Waals surface area contributed by atoms with Gasteiger partial charge >= 0.3 is 12.1 Å². The third-order valence-corrected chi connectivity index (χ3v) is 1.21. The second-order valence-electron chi connectivity index (χ2n) is 4.77.